The summed E-state index contributed by atoms with van der Waals surface area (Å²) in [5, 5.41) is 2.88. The van der Waals surface area contributed by atoms with E-state index < -0.39 is 0 Å². The lowest BCUT2D eigenvalue weighted by atomic mass is 10.6. The van der Waals surface area contributed by atoms with Crippen molar-refractivity contribution in [1.82, 2.24) is 4.98 Å². The fourth-order valence-electron chi connectivity index (χ4n) is 0.543. The highest BCUT2D eigenvalue weighted by Crippen LogP contribution is 2.08. The van der Waals surface area contributed by atoms with Gasteiger partial charge in [-0.1, -0.05) is 0 Å². The number of hydrogen-bond acceptors (Lipinski definition) is 2. The minimum atomic E-state index is 0.429. The van der Waals surface area contributed by atoms with Crippen molar-refractivity contribution in [3.05, 3.63) is 27.5 Å². The van der Waals surface area contributed by atoms with Crippen molar-refractivity contribution in [2.45, 2.75) is 13.5 Å². The fourth-order valence-corrected chi connectivity index (χ4v) is 1.24. The van der Waals surface area contributed by atoms with Crippen LogP contribution in [0.3, 0.4) is 0 Å². The molecule has 0 aliphatic heterocycles. The normalized spacial score (nSPS) is 8.89. The van der Waals surface area contributed by atoms with Gasteiger partial charge in [-0.25, -0.2) is 11.6 Å². The van der Waals surface area contributed by atoms with Gasteiger partial charge in [0.05, 0.1) is 0 Å². The third kappa shape index (κ3) is 1.51. The Morgan fingerprint density at radius 3 is 3.11 bits per heavy atom. The largest absolute Gasteiger partial charge is 0.309 e. The van der Waals surface area contributed by atoms with Gasteiger partial charge < -0.3 is 4.85 Å². The Balaban J connectivity index is 2.76. The van der Waals surface area contributed by atoms with Crippen LogP contribution in [0.4, 0.5) is 0 Å². The molecule has 0 N–H and O–H groups in total. The van der Waals surface area contributed by atoms with Gasteiger partial charge >= 0.3 is 0 Å². The number of thiazole rings is 1. The van der Waals surface area contributed by atoms with Crippen molar-refractivity contribution in [3.63, 3.8) is 0 Å². The van der Waals surface area contributed by atoms with Crippen LogP contribution in [0.15, 0.2) is 5.38 Å². The van der Waals surface area contributed by atoms with E-state index >= 15 is 0 Å². The molecule has 0 unspecified atom stereocenters. The van der Waals surface area contributed by atoms with Gasteiger partial charge in [-0.15, -0.1) is 11.3 Å². The van der Waals surface area contributed by atoms with Gasteiger partial charge in [0, 0.05) is 11.1 Å². The molecule has 1 aromatic rings. The van der Waals surface area contributed by atoms with Crippen LogP contribution in [-0.4, -0.2) is 4.98 Å². The Morgan fingerprint density at radius 2 is 2.67 bits per heavy atom. The first-order valence-electron chi connectivity index (χ1n) is 2.57. The number of aryl methyl sites for hydroxylation is 1. The predicted octanol–water partition coefficient (Wildman–Crippen LogP) is 1.87. The summed E-state index contributed by atoms with van der Waals surface area (Å²) < 4.78 is 0. The molecule has 0 aliphatic rings. The summed E-state index contributed by atoms with van der Waals surface area (Å²) in [7, 11) is 0. The van der Waals surface area contributed by atoms with E-state index in [-0.39, 0.29) is 0 Å². The van der Waals surface area contributed by atoms with Crippen LogP contribution in [0.1, 0.15) is 10.7 Å². The van der Waals surface area contributed by atoms with Crippen molar-refractivity contribution in [3.8, 4) is 0 Å². The minimum Gasteiger partial charge on any atom is -0.309 e. The van der Waals surface area contributed by atoms with Crippen LogP contribution < -0.4 is 0 Å². The Labute approximate surface area is 58.0 Å². The standard InChI is InChI=1S/C6H6N2S/c1-5-4-9-6(8-5)3-7-2/h4H,3H2,1H3. The molecule has 0 atom stereocenters. The molecule has 0 amide bonds. The molecule has 0 aliphatic carbocycles. The van der Waals surface area contributed by atoms with E-state index in [1.54, 1.807) is 11.3 Å². The van der Waals surface area contributed by atoms with Gasteiger partial charge in [0.15, 0.2) is 5.01 Å². The van der Waals surface area contributed by atoms with Gasteiger partial charge in [-0.05, 0) is 6.92 Å². The molecule has 1 aromatic heterocycles. The lowest BCUT2D eigenvalue weighted by Crippen LogP contribution is -1.75. The van der Waals surface area contributed by atoms with Gasteiger partial charge in [0.1, 0.15) is 0 Å². The molecule has 1 heterocycles. The molecule has 2 nitrogen and oxygen atoms in total. The molecule has 3 heteroatoms. The number of nitrogens with zero attached hydrogens (tertiary/aromatic N) is 2. The minimum absolute atomic E-state index is 0.429. The summed E-state index contributed by atoms with van der Waals surface area (Å²) in [4.78, 5) is 7.32. The summed E-state index contributed by atoms with van der Waals surface area (Å²) in [5.41, 5.74) is 1.01. The maximum absolute atomic E-state index is 6.54. The van der Waals surface area contributed by atoms with Gasteiger partial charge in [0.2, 0.25) is 0 Å². The molecule has 46 valence electrons. The summed E-state index contributed by atoms with van der Waals surface area (Å²) in [5.74, 6) is 0. The summed E-state index contributed by atoms with van der Waals surface area (Å²) in [6.07, 6.45) is 0. The first kappa shape index (κ1) is 6.24. The zero-order valence-corrected chi connectivity index (χ0v) is 5.90. The molecule has 9 heavy (non-hydrogen) atoms. The molecule has 0 bridgehead atoms. The van der Waals surface area contributed by atoms with Crippen LogP contribution in [0.2, 0.25) is 0 Å². The number of hydrogen-bond donors (Lipinski definition) is 0. The summed E-state index contributed by atoms with van der Waals surface area (Å²) in [6, 6.07) is 0. The Bertz CT molecular complexity index is 233. The predicted molar refractivity (Wildman–Crippen MR) is 37.2 cm³/mol. The number of rotatable bonds is 1. The topological polar surface area (TPSA) is 17.2 Å². The molecule has 0 aromatic carbocycles. The second-order valence-electron chi connectivity index (χ2n) is 1.70. The monoisotopic (exact) mass is 138 g/mol. The lowest BCUT2D eigenvalue weighted by molar-refractivity contribution is 1.13. The Kier molecular flexibility index (Phi) is 1.81. The summed E-state index contributed by atoms with van der Waals surface area (Å²) in [6.45, 7) is 8.90. The smallest absolute Gasteiger partial charge is 0.265 e. The van der Waals surface area contributed by atoms with Gasteiger partial charge in [0.25, 0.3) is 6.54 Å². The van der Waals surface area contributed by atoms with E-state index in [1.807, 2.05) is 12.3 Å². The van der Waals surface area contributed by atoms with Crippen LogP contribution >= 0.6 is 11.3 Å². The Hall–Kier alpha value is -0.880. The average molecular weight is 138 g/mol. The zero-order chi connectivity index (χ0) is 6.69. The van der Waals surface area contributed by atoms with Crippen LogP contribution in [0, 0.1) is 13.5 Å². The van der Waals surface area contributed by atoms with E-state index in [0.717, 1.165) is 10.7 Å². The molecule has 0 saturated heterocycles. The second kappa shape index (κ2) is 2.60. The molecular weight excluding hydrogens is 132 g/mol. The molecule has 1 rings (SSSR count). The van der Waals surface area contributed by atoms with Gasteiger partial charge in [-0.3, -0.25) is 0 Å². The number of aromatic nitrogens is 1. The van der Waals surface area contributed by atoms with Crippen LogP contribution in [0.25, 0.3) is 4.85 Å². The van der Waals surface area contributed by atoms with E-state index in [4.69, 9.17) is 6.57 Å². The van der Waals surface area contributed by atoms with Crippen molar-refractivity contribution >= 4 is 11.3 Å². The van der Waals surface area contributed by atoms with E-state index in [0.29, 0.717) is 6.54 Å². The van der Waals surface area contributed by atoms with Crippen molar-refractivity contribution < 1.29 is 0 Å². The third-order valence-corrected chi connectivity index (χ3v) is 1.83. The second-order valence-corrected chi connectivity index (χ2v) is 2.64. The third-order valence-electron chi connectivity index (χ3n) is 0.881. The van der Waals surface area contributed by atoms with E-state index in [9.17, 15) is 0 Å². The SMILES string of the molecule is [C-]#[N+]Cc1nc(C)cs1. The summed E-state index contributed by atoms with van der Waals surface area (Å²) >= 11 is 1.55. The Morgan fingerprint density at radius 1 is 1.89 bits per heavy atom. The maximum Gasteiger partial charge on any atom is 0.265 e. The van der Waals surface area contributed by atoms with Crippen LogP contribution in [0.5, 0.6) is 0 Å². The highest BCUT2D eigenvalue weighted by atomic mass is 32.1. The van der Waals surface area contributed by atoms with Crippen molar-refractivity contribution in [2.75, 3.05) is 0 Å². The first-order chi connectivity index (χ1) is 4.33. The highest BCUT2D eigenvalue weighted by molar-refractivity contribution is 7.09. The highest BCUT2D eigenvalue weighted by Gasteiger charge is 1.97. The average Bonchev–Trinajstić information content (AvgIpc) is 2.17. The van der Waals surface area contributed by atoms with Crippen molar-refractivity contribution in [2.24, 2.45) is 0 Å². The van der Waals surface area contributed by atoms with Crippen molar-refractivity contribution in [1.29, 1.82) is 0 Å². The molecule has 0 radical (unpaired) electrons. The van der Waals surface area contributed by atoms with Gasteiger partial charge in [-0.2, -0.15) is 0 Å². The van der Waals surface area contributed by atoms with Crippen LogP contribution in [-0.2, 0) is 6.54 Å². The van der Waals surface area contributed by atoms with E-state index in [2.05, 4.69) is 9.83 Å². The van der Waals surface area contributed by atoms with E-state index in [1.165, 1.54) is 0 Å². The molecule has 0 spiro atoms. The molecule has 0 fully saturated rings. The zero-order valence-electron chi connectivity index (χ0n) is 5.09. The molecule has 0 saturated carbocycles. The fraction of sp³-hybridized carbons (Fsp3) is 0.333. The quantitative estimate of drug-likeness (QED) is 0.541. The lowest BCUT2D eigenvalue weighted by Gasteiger charge is -1.75. The molecular formula is C6H6N2S. The maximum atomic E-state index is 6.54. The first-order valence-corrected chi connectivity index (χ1v) is 3.45.